The molecule has 2 aromatic carbocycles. The zero-order chi connectivity index (χ0) is 28.8. The SMILES string of the molecule is CCCNc1ccn(-c2ccccc2)c(=O)c1C(=O)Cc1ccc(Oc2ccnc3cc(OC)c(OC)cc23)nc1. The average Bonchev–Trinajstić information content (AvgIpc) is 3.00. The predicted molar refractivity (Wildman–Crippen MR) is 158 cm³/mol. The summed E-state index contributed by atoms with van der Waals surface area (Å²) in [7, 11) is 3.14. The van der Waals surface area contributed by atoms with Crippen molar-refractivity contribution in [3.63, 3.8) is 0 Å². The molecule has 0 fully saturated rings. The van der Waals surface area contributed by atoms with E-state index in [-0.39, 0.29) is 23.3 Å². The molecule has 0 radical (unpaired) electrons. The summed E-state index contributed by atoms with van der Waals surface area (Å²) < 4.78 is 18.3. The highest BCUT2D eigenvalue weighted by Gasteiger charge is 2.19. The van der Waals surface area contributed by atoms with Crippen LogP contribution in [0.25, 0.3) is 16.6 Å². The highest BCUT2D eigenvalue weighted by Crippen LogP contribution is 2.36. The molecule has 0 unspecified atom stereocenters. The standard InChI is InChI=1S/C32H30N4O5/c1-4-14-33-24-13-16-36(22-8-6-5-7-9-22)32(38)31(24)26(37)17-21-10-11-30(35-20-21)41-27-12-15-34-25-19-29(40-3)28(39-2)18-23(25)27/h5-13,15-16,18-20,33H,4,14,17H2,1-3H3. The third-order valence-corrected chi connectivity index (χ3v) is 6.55. The van der Waals surface area contributed by atoms with Gasteiger partial charge in [-0.05, 0) is 42.3 Å². The summed E-state index contributed by atoms with van der Waals surface area (Å²) in [5.41, 5.74) is 2.31. The van der Waals surface area contributed by atoms with Gasteiger partial charge in [-0.25, -0.2) is 4.98 Å². The lowest BCUT2D eigenvalue weighted by atomic mass is 10.0. The van der Waals surface area contributed by atoms with E-state index >= 15 is 0 Å². The fraction of sp³-hybridized carbons (Fsp3) is 0.188. The second kappa shape index (κ2) is 12.3. The normalized spacial score (nSPS) is 10.8. The Bertz CT molecular complexity index is 1730. The highest BCUT2D eigenvalue weighted by molar-refractivity contribution is 6.02. The molecule has 9 heteroatoms. The van der Waals surface area contributed by atoms with E-state index in [1.165, 1.54) is 4.57 Å². The molecule has 0 saturated heterocycles. The Morgan fingerprint density at radius 1 is 0.927 bits per heavy atom. The summed E-state index contributed by atoms with van der Waals surface area (Å²) in [6.45, 7) is 2.67. The molecule has 0 aliphatic heterocycles. The monoisotopic (exact) mass is 550 g/mol. The molecule has 0 aliphatic carbocycles. The first-order chi connectivity index (χ1) is 20.0. The Labute approximate surface area is 237 Å². The number of benzene rings is 2. The Morgan fingerprint density at radius 3 is 2.41 bits per heavy atom. The van der Waals surface area contributed by atoms with Gasteiger partial charge in [0.2, 0.25) is 5.88 Å². The number of hydrogen-bond acceptors (Lipinski definition) is 8. The summed E-state index contributed by atoms with van der Waals surface area (Å²) in [6, 6.07) is 19.8. The lowest BCUT2D eigenvalue weighted by molar-refractivity contribution is 0.0992. The van der Waals surface area contributed by atoms with Gasteiger partial charge in [-0.15, -0.1) is 0 Å². The van der Waals surface area contributed by atoms with Crippen LogP contribution >= 0.6 is 0 Å². The van der Waals surface area contributed by atoms with Gasteiger partial charge >= 0.3 is 0 Å². The van der Waals surface area contributed by atoms with Crippen molar-refractivity contribution in [2.75, 3.05) is 26.1 Å². The maximum Gasteiger partial charge on any atom is 0.268 e. The van der Waals surface area contributed by atoms with E-state index in [4.69, 9.17) is 14.2 Å². The van der Waals surface area contributed by atoms with Crippen molar-refractivity contribution < 1.29 is 19.0 Å². The number of ketones is 1. The van der Waals surface area contributed by atoms with Gasteiger partial charge in [-0.3, -0.25) is 19.1 Å². The number of nitrogens with one attached hydrogen (secondary N) is 1. The summed E-state index contributed by atoms with van der Waals surface area (Å²) in [5, 5.41) is 3.96. The zero-order valence-corrected chi connectivity index (χ0v) is 23.1. The highest BCUT2D eigenvalue weighted by atomic mass is 16.5. The van der Waals surface area contributed by atoms with E-state index in [9.17, 15) is 9.59 Å². The Morgan fingerprint density at radius 2 is 1.71 bits per heavy atom. The van der Waals surface area contributed by atoms with Crippen molar-refractivity contribution in [3.8, 4) is 28.8 Å². The van der Waals surface area contributed by atoms with Gasteiger partial charge in [-0.1, -0.05) is 31.2 Å². The topological polar surface area (TPSA) is 105 Å². The largest absolute Gasteiger partial charge is 0.493 e. The van der Waals surface area contributed by atoms with Gasteiger partial charge in [0.25, 0.3) is 5.56 Å². The molecule has 0 atom stereocenters. The maximum absolute atomic E-state index is 13.5. The van der Waals surface area contributed by atoms with Crippen LogP contribution in [0.15, 0.2) is 90.1 Å². The zero-order valence-electron chi connectivity index (χ0n) is 23.1. The van der Waals surface area contributed by atoms with Crippen LogP contribution in [0.2, 0.25) is 0 Å². The number of ether oxygens (including phenoxy) is 3. The van der Waals surface area contributed by atoms with Crippen molar-refractivity contribution in [2.45, 2.75) is 19.8 Å². The van der Waals surface area contributed by atoms with Crippen LogP contribution in [0.5, 0.6) is 23.1 Å². The van der Waals surface area contributed by atoms with E-state index < -0.39 is 0 Å². The van der Waals surface area contributed by atoms with Crippen molar-refractivity contribution in [2.24, 2.45) is 0 Å². The van der Waals surface area contributed by atoms with Gasteiger partial charge in [0, 0.05) is 54.8 Å². The number of Topliss-reactive ketones (excluding diaryl/α,β-unsaturated/α-hetero) is 1. The molecule has 41 heavy (non-hydrogen) atoms. The number of fused-ring (bicyclic) bond motifs is 1. The molecular weight excluding hydrogens is 520 g/mol. The first-order valence-corrected chi connectivity index (χ1v) is 13.2. The number of pyridine rings is 3. The Balaban J connectivity index is 1.39. The number of nitrogens with zero attached hydrogens (tertiary/aromatic N) is 3. The first kappa shape index (κ1) is 27.4. The van der Waals surface area contributed by atoms with Crippen LogP contribution in [0.3, 0.4) is 0 Å². The molecule has 0 spiro atoms. The van der Waals surface area contributed by atoms with E-state index in [0.717, 1.165) is 11.8 Å². The number of para-hydroxylation sites is 1. The summed E-state index contributed by atoms with van der Waals surface area (Å²) in [5.74, 6) is 1.72. The molecule has 5 rings (SSSR count). The van der Waals surface area contributed by atoms with Crippen molar-refractivity contribution in [3.05, 3.63) is 107 Å². The fourth-order valence-corrected chi connectivity index (χ4v) is 4.50. The Kier molecular flexibility index (Phi) is 8.24. The minimum atomic E-state index is -0.369. The molecule has 1 N–H and O–H groups in total. The van der Waals surface area contributed by atoms with E-state index in [2.05, 4.69) is 15.3 Å². The minimum absolute atomic E-state index is 0.0112. The van der Waals surface area contributed by atoms with Crippen LogP contribution in [-0.2, 0) is 6.42 Å². The molecule has 0 bridgehead atoms. The van der Waals surface area contributed by atoms with Crippen LogP contribution in [-0.4, -0.2) is 41.1 Å². The lowest BCUT2D eigenvalue weighted by Gasteiger charge is -2.14. The summed E-state index contributed by atoms with van der Waals surface area (Å²) in [6.07, 6.45) is 5.78. The number of anilines is 1. The third-order valence-electron chi connectivity index (χ3n) is 6.55. The number of carbonyl (C=O) groups excluding carboxylic acids is 1. The Hall–Kier alpha value is -5.18. The number of aromatic nitrogens is 3. The molecule has 0 amide bonds. The molecule has 3 heterocycles. The van der Waals surface area contributed by atoms with Gasteiger partial charge in [0.1, 0.15) is 11.3 Å². The van der Waals surface area contributed by atoms with E-state index in [1.54, 1.807) is 69.2 Å². The second-order valence-corrected chi connectivity index (χ2v) is 9.28. The lowest BCUT2D eigenvalue weighted by Crippen LogP contribution is -2.27. The van der Waals surface area contributed by atoms with E-state index in [1.807, 2.05) is 37.3 Å². The summed E-state index contributed by atoms with van der Waals surface area (Å²) >= 11 is 0. The number of carbonyl (C=O) groups is 1. The van der Waals surface area contributed by atoms with Gasteiger partial charge in [0.05, 0.1) is 25.4 Å². The molecule has 0 saturated carbocycles. The van der Waals surface area contributed by atoms with Gasteiger partial charge in [0.15, 0.2) is 17.3 Å². The summed E-state index contributed by atoms with van der Waals surface area (Å²) in [4.78, 5) is 35.8. The number of hydrogen-bond donors (Lipinski definition) is 1. The van der Waals surface area contributed by atoms with Crippen LogP contribution in [0.1, 0.15) is 29.3 Å². The van der Waals surface area contributed by atoms with Gasteiger partial charge < -0.3 is 19.5 Å². The van der Waals surface area contributed by atoms with Gasteiger partial charge in [-0.2, -0.15) is 0 Å². The first-order valence-electron chi connectivity index (χ1n) is 13.2. The quantitative estimate of drug-likeness (QED) is 0.205. The van der Waals surface area contributed by atoms with Crippen LogP contribution < -0.4 is 25.1 Å². The molecule has 0 aliphatic rings. The maximum atomic E-state index is 13.5. The number of methoxy groups -OCH3 is 2. The molecule has 208 valence electrons. The fourth-order valence-electron chi connectivity index (χ4n) is 4.50. The van der Waals surface area contributed by atoms with E-state index in [0.29, 0.717) is 52.1 Å². The van der Waals surface area contributed by atoms with Crippen LogP contribution in [0, 0.1) is 0 Å². The van der Waals surface area contributed by atoms with Crippen LogP contribution in [0.4, 0.5) is 5.69 Å². The second-order valence-electron chi connectivity index (χ2n) is 9.28. The molecular formula is C32H30N4O5. The molecule has 9 nitrogen and oxygen atoms in total. The molecule has 5 aromatic rings. The minimum Gasteiger partial charge on any atom is -0.493 e. The average molecular weight is 551 g/mol. The smallest absolute Gasteiger partial charge is 0.268 e. The van der Waals surface area contributed by atoms with Crippen molar-refractivity contribution in [1.82, 2.24) is 14.5 Å². The predicted octanol–water partition coefficient (Wildman–Crippen LogP) is 5.84. The molecule has 3 aromatic heterocycles. The van der Waals surface area contributed by atoms with Crippen molar-refractivity contribution in [1.29, 1.82) is 0 Å². The number of rotatable bonds is 11. The third kappa shape index (κ3) is 5.89. The van der Waals surface area contributed by atoms with Crippen molar-refractivity contribution >= 4 is 22.4 Å².